The van der Waals surface area contributed by atoms with E-state index >= 15 is 0 Å². The molecule has 0 spiro atoms. The number of hydrogen-bond acceptors (Lipinski definition) is 6. The molecule has 1 saturated heterocycles. The second kappa shape index (κ2) is 6.85. The average molecular weight is 356 g/mol. The summed E-state index contributed by atoms with van der Waals surface area (Å²) >= 11 is 0. The highest BCUT2D eigenvalue weighted by molar-refractivity contribution is 6.04. The minimum absolute atomic E-state index is 0.161. The van der Waals surface area contributed by atoms with Crippen LogP contribution in [-0.4, -0.2) is 46.1 Å². The highest BCUT2D eigenvalue weighted by atomic mass is 16.5. The Morgan fingerprint density at radius 2 is 2.27 bits per heavy atom. The van der Waals surface area contributed by atoms with E-state index in [-0.39, 0.29) is 17.9 Å². The predicted octanol–water partition coefficient (Wildman–Crippen LogP) is 0.704. The van der Waals surface area contributed by atoms with Crippen LogP contribution in [0.1, 0.15) is 34.8 Å². The van der Waals surface area contributed by atoms with E-state index in [9.17, 15) is 9.59 Å². The fourth-order valence-electron chi connectivity index (χ4n) is 3.16. The third-order valence-electron chi connectivity index (χ3n) is 4.72. The van der Waals surface area contributed by atoms with Crippen LogP contribution in [0.4, 0.5) is 11.5 Å². The summed E-state index contributed by atoms with van der Waals surface area (Å²) in [4.78, 5) is 24.3. The van der Waals surface area contributed by atoms with Gasteiger partial charge in [0.05, 0.1) is 24.9 Å². The van der Waals surface area contributed by atoms with Crippen molar-refractivity contribution in [3.63, 3.8) is 0 Å². The van der Waals surface area contributed by atoms with Gasteiger partial charge in [-0.1, -0.05) is 5.21 Å². The van der Waals surface area contributed by atoms with E-state index < -0.39 is 6.04 Å². The molecular weight excluding hydrogens is 336 g/mol. The lowest BCUT2D eigenvalue weighted by Gasteiger charge is -2.09. The van der Waals surface area contributed by atoms with Gasteiger partial charge in [-0.25, -0.2) is 4.68 Å². The second-order valence-corrected chi connectivity index (χ2v) is 6.56. The number of carbonyl (C=O) groups is 2. The van der Waals surface area contributed by atoms with Crippen molar-refractivity contribution >= 4 is 23.3 Å². The van der Waals surface area contributed by atoms with Crippen molar-refractivity contribution in [2.75, 3.05) is 23.8 Å². The van der Waals surface area contributed by atoms with Gasteiger partial charge in [-0.05, 0) is 43.0 Å². The van der Waals surface area contributed by atoms with Gasteiger partial charge in [0.25, 0.3) is 5.91 Å². The van der Waals surface area contributed by atoms with Crippen molar-refractivity contribution in [2.24, 2.45) is 5.73 Å². The molecule has 0 aliphatic carbocycles. The zero-order valence-electron chi connectivity index (χ0n) is 14.1. The van der Waals surface area contributed by atoms with E-state index in [4.69, 9.17) is 10.5 Å². The largest absolute Gasteiger partial charge is 0.379 e. The Morgan fingerprint density at radius 1 is 1.38 bits per heavy atom. The van der Waals surface area contributed by atoms with Crippen LogP contribution in [0.2, 0.25) is 0 Å². The van der Waals surface area contributed by atoms with E-state index in [0.717, 1.165) is 12.0 Å². The molecule has 2 aliphatic rings. The highest BCUT2D eigenvalue weighted by Crippen LogP contribution is 2.24. The summed E-state index contributed by atoms with van der Waals surface area (Å²) in [5, 5.41) is 13.6. The number of aryl methyl sites for hydroxylation is 1. The second-order valence-electron chi connectivity index (χ2n) is 6.56. The number of aromatic nitrogens is 3. The number of amides is 2. The molecule has 1 aromatic carbocycles. The molecule has 2 aromatic rings. The van der Waals surface area contributed by atoms with Gasteiger partial charge in [-0.2, -0.15) is 0 Å². The molecule has 26 heavy (non-hydrogen) atoms. The van der Waals surface area contributed by atoms with Crippen LogP contribution in [0.15, 0.2) is 24.4 Å². The Hall–Kier alpha value is -2.78. The van der Waals surface area contributed by atoms with Crippen LogP contribution in [0.3, 0.4) is 0 Å². The number of carbonyl (C=O) groups excluding carboxylic acids is 2. The maximum atomic E-state index is 12.5. The normalized spacial score (nSPS) is 22.4. The van der Waals surface area contributed by atoms with E-state index in [1.807, 2.05) is 0 Å². The SMILES string of the molecule is NC1CCc2cc(C(=O)Nc3cn(C4CCOC4)nn3)ccc2NC1=O. The Labute approximate surface area is 149 Å². The fraction of sp³-hybridized carbons (Fsp3) is 0.412. The molecule has 4 rings (SSSR count). The molecule has 0 radical (unpaired) electrons. The standard InChI is InChI=1S/C17H20N6O3/c18-13-3-1-10-7-11(2-4-14(10)19-17(13)25)16(24)20-15-8-23(22-21-15)12-5-6-26-9-12/h2,4,7-8,12-13H,1,3,5-6,9,18H2,(H,19,25)(H,20,24). The third kappa shape index (κ3) is 3.31. The first-order valence-corrected chi connectivity index (χ1v) is 8.60. The van der Waals surface area contributed by atoms with Gasteiger partial charge in [0, 0.05) is 17.9 Å². The quantitative estimate of drug-likeness (QED) is 0.744. The highest BCUT2D eigenvalue weighted by Gasteiger charge is 2.22. The van der Waals surface area contributed by atoms with Crippen LogP contribution in [0, 0.1) is 0 Å². The van der Waals surface area contributed by atoms with Crippen molar-refractivity contribution in [1.29, 1.82) is 0 Å². The molecule has 2 amide bonds. The molecule has 2 unspecified atom stereocenters. The summed E-state index contributed by atoms with van der Waals surface area (Å²) in [5.74, 6) is -0.0805. The smallest absolute Gasteiger partial charge is 0.256 e. The topological polar surface area (TPSA) is 124 Å². The summed E-state index contributed by atoms with van der Waals surface area (Å²) in [6.45, 7) is 1.32. The van der Waals surface area contributed by atoms with E-state index in [0.29, 0.717) is 43.1 Å². The maximum Gasteiger partial charge on any atom is 0.256 e. The molecular formula is C17H20N6O3. The van der Waals surface area contributed by atoms with Crippen molar-refractivity contribution in [3.8, 4) is 0 Å². The minimum atomic E-state index is -0.533. The molecule has 0 bridgehead atoms. The summed E-state index contributed by atoms with van der Waals surface area (Å²) in [6.07, 6.45) is 3.77. The van der Waals surface area contributed by atoms with Crippen molar-refractivity contribution in [3.05, 3.63) is 35.5 Å². The van der Waals surface area contributed by atoms with Crippen LogP contribution >= 0.6 is 0 Å². The van der Waals surface area contributed by atoms with Crippen LogP contribution in [-0.2, 0) is 16.0 Å². The Bertz CT molecular complexity index is 843. The molecule has 3 heterocycles. The van der Waals surface area contributed by atoms with Gasteiger partial charge in [-0.3, -0.25) is 9.59 Å². The van der Waals surface area contributed by atoms with Crippen molar-refractivity contribution < 1.29 is 14.3 Å². The number of nitrogens with two attached hydrogens (primary N) is 1. The summed E-state index contributed by atoms with van der Waals surface area (Å²) in [7, 11) is 0. The number of fused-ring (bicyclic) bond motifs is 1. The molecule has 9 nitrogen and oxygen atoms in total. The van der Waals surface area contributed by atoms with Gasteiger partial charge in [0.2, 0.25) is 5.91 Å². The van der Waals surface area contributed by atoms with Gasteiger partial charge in [-0.15, -0.1) is 5.10 Å². The Balaban J connectivity index is 1.48. The monoisotopic (exact) mass is 356 g/mol. The molecule has 1 fully saturated rings. The molecule has 0 saturated carbocycles. The maximum absolute atomic E-state index is 12.5. The molecule has 136 valence electrons. The Morgan fingerprint density at radius 3 is 3.08 bits per heavy atom. The van der Waals surface area contributed by atoms with Crippen molar-refractivity contribution in [1.82, 2.24) is 15.0 Å². The average Bonchev–Trinajstić information content (AvgIpc) is 3.29. The summed E-state index contributed by atoms with van der Waals surface area (Å²) < 4.78 is 7.05. The molecule has 2 aliphatic heterocycles. The molecule has 4 N–H and O–H groups in total. The number of rotatable bonds is 3. The zero-order chi connectivity index (χ0) is 18.1. The Kier molecular flexibility index (Phi) is 4.39. The first kappa shape index (κ1) is 16.7. The number of hydrogen-bond donors (Lipinski definition) is 3. The van der Waals surface area contributed by atoms with Crippen LogP contribution in [0.25, 0.3) is 0 Å². The fourth-order valence-corrected chi connectivity index (χ4v) is 3.16. The summed E-state index contributed by atoms with van der Waals surface area (Å²) in [6, 6.07) is 4.80. The van der Waals surface area contributed by atoms with Crippen molar-refractivity contribution in [2.45, 2.75) is 31.3 Å². The van der Waals surface area contributed by atoms with Gasteiger partial charge in [0.1, 0.15) is 0 Å². The first-order valence-electron chi connectivity index (χ1n) is 8.60. The first-order chi connectivity index (χ1) is 12.6. The predicted molar refractivity (Wildman–Crippen MR) is 93.8 cm³/mol. The van der Waals surface area contributed by atoms with E-state index in [1.54, 1.807) is 29.1 Å². The molecule has 2 atom stereocenters. The zero-order valence-corrected chi connectivity index (χ0v) is 14.1. The lowest BCUT2D eigenvalue weighted by atomic mass is 10.0. The lowest BCUT2D eigenvalue weighted by molar-refractivity contribution is -0.117. The lowest BCUT2D eigenvalue weighted by Crippen LogP contribution is -2.34. The van der Waals surface area contributed by atoms with Gasteiger partial charge in [0.15, 0.2) is 5.82 Å². The number of nitrogens with zero attached hydrogens (tertiary/aromatic N) is 3. The number of benzene rings is 1. The number of ether oxygens (including phenoxy) is 1. The minimum Gasteiger partial charge on any atom is -0.379 e. The molecule has 9 heteroatoms. The third-order valence-corrected chi connectivity index (χ3v) is 4.72. The van der Waals surface area contributed by atoms with Crippen LogP contribution < -0.4 is 16.4 Å². The van der Waals surface area contributed by atoms with Crippen LogP contribution in [0.5, 0.6) is 0 Å². The van der Waals surface area contributed by atoms with Gasteiger partial charge < -0.3 is 21.1 Å². The number of nitrogens with one attached hydrogen (secondary N) is 2. The van der Waals surface area contributed by atoms with E-state index in [2.05, 4.69) is 20.9 Å². The molecule has 1 aromatic heterocycles. The van der Waals surface area contributed by atoms with Gasteiger partial charge >= 0.3 is 0 Å². The van der Waals surface area contributed by atoms with E-state index in [1.165, 1.54) is 0 Å². The number of anilines is 2. The summed E-state index contributed by atoms with van der Waals surface area (Å²) in [5.41, 5.74) is 7.88.